The third kappa shape index (κ3) is 4.37. The molecule has 0 saturated heterocycles. The van der Waals surface area contributed by atoms with Gasteiger partial charge in [-0.25, -0.2) is 9.98 Å². The van der Waals surface area contributed by atoms with E-state index < -0.39 is 0 Å². The van der Waals surface area contributed by atoms with Gasteiger partial charge in [0.25, 0.3) is 0 Å². The van der Waals surface area contributed by atoms with Crippen LogP contribution in [0.3, 0.4) is 0 Å². The maximum Gasteiger partial charge on any atom is 0.191 e. The number of nitrogens with zero attached hydrogens (tertiary/aromatic N) is 3. The summed E-state index contributed by atoms with van der Waals surface area (Å²) >= 11 is 1.66. The van der Waals surface area contributed by atoms with Gasteiger partial charge in [0.05, 0.1) is 12.2 Å². The van der Waals surface area contributed by atoms with Crippen LogP contribution in [0, 0.1) is 0 Å². The van der Waals surface area contributed by atoms with E-state index in [2.05, 4.69) is 32.9 Å². The SMILES string of the molecule is CCNC(=NCc1csc(N(C)C)n1)NC1CCCC1. The van der Waals surface area contributed by atoms with E-state index in [0.717, 1.165) is 23.3 Å². The molecule has 0 atom stereocenters. The summed E-state index contributed by atoms with van der Waals surface area (Å²) in [5.41, 5.74) is 1.03. The van der Waals surface area contributed by atoms with E-state index in [9.17, 15) is 0 Å². The monoisotopic (exact) mass is 295 g/mol. The van der Waals surface area contributed by atoms with Gasteiger partial charge in [-0.15, -0.1) is 11.3 Å². The third-order valence-electron chi connectivity index (χ3n) is 3.36. The van der Waals surface area contributed by atoms with Crippen molar-refractivity contribution in [2.45, 2.75) is 45.2 Å². The van der Waals surface area contributed by atoms with Crippen LogP contribution >= 0.6 is 11.3 Å². The molecule has 0 amide bonds. The van der Waals surface area contributed by atoms with Crippen LogP contribution in [0.4, 0.5) is 5.13 Å². The van der Waals surface area contributed by atoms with Crippen LogP contribution in [-0.4, -0.2) is 37.6 Å². The third-order valence-corrected chi connectivity index (χ3v) is 4.42. The van der Waals surface area contributed by atoms with E-state index in [4.69, 9.17) is 0 Å². The van der Waals surface area contributed by atoms with Gasteiger partial charge in [-0.3, -0.25) is 0 Å². The molecule has 0 aliphatic heterocycles. The van der Waals surface area contributed by atoms with Crippen LogP contribution in [0.15, 0.2) is 10.4 Å². The van der Waals surface area contributed by atoms with E-state index >= 15 is 0 Å². The van der Waals surface area contributed by atoms with Gasteiger partial charge < -0.3 is 15.5 Å². The van der Waals surface area contributed by atoms with Crippen molar-refractivity contribution in [1.82, 2.24) is 15.6 Å². The van der Waals surface area contributed by atoms with E-state index in [1.54, 1.807) is 11.3 Å². The number of thiazole rings is 1. The van der Waals surface area contributed by atoms with Crippen molar-refractivity contribution in [2.24, 2.45) is 4.99 Å². The second kappa shape index (κ2) is 7.47. The van der Waals surface area contributed by atoms with E-state index in [0.29, 0.717) is 12.6 Å². The van der Waals surface area contributed by atoms with Crippen LogP contribution in [-0.2, 0) is 6.54 Å². The topological polar surface area (TPSA) is 52.6 Å². The highest BCUT2D eigenvalue weighted by atomic mass is 32.1. The standard InChI is InChI=1S/C14H25N5S/c1-4-15-13(17-11-7-5-6-8-11)16-9-12-10-20-14(18-12)19(2)3/h10-11H,4-9H2,1-3H3,(H2,15,16,17). The van der Waals surface area contributed by atoms with E-state index in [-0.39, 0.29) is 0 Å². The maximum absolute atomic E-state index is 4.64. The number of hydrogen-bond donors (Lipinski definition) is 2. The van der Waals surface area contributed by atoms with Gasteiger partial charge in [-0.05, 0) is 19.8 Å². The predicted octanol–water partition coefficient (Wildman–Crippen LogP) is 2.21. The van der Waals surface area contributed by atoms with Crippen LogP contribution in [0.1, 0.15) is 38.3 Å². The predicted molar refractivity (Wildman–Crippen MR) is 86.6 cm³/mol. The van der Waals surface area contributed by atoms with Crippen molar-refractivity contribution in [3.8, 4) is 0 Å². The van der Waals surface area contributed by atoms with Crippen LogP contribution < -0.4 is 15.5 Å². The summed E-state index contributed by atoms with van der Waals surface area (Å²) < 4.78 is 0. The summed E-state index contributed by atoms with van der Waals surface area (Å²) in [6.07, 6.45) is 5.17. The summed E-state index contributed by atoms with van der Waals surface area (Å²) in [6, 6.07) is 0.584. The Labute approximate surface area is 125 Å². The molecule has 1 fully saturated rings. The Hall–Kier alpha value is -1.30. The molecule has 0 spiro atoms. The lowest BCUT2D eigenvalue weighted by Gasteiger charge is -2.16. The van der Waals surface area contributed by atoms with Crippen molar-refractivity contribution in [3.05, 3.63) is 11.1 Å². The minimum Gasteiger partial charge on any atom is -0.357 e. The first-order valence-corrected chi connectivity index (χ1v) is 8.23. The Morgan fingerprint density at radius 3 is 2.80 bits per heavy atom. The molecule has 0 aromatic carbocycles. The summed E-state index contributed by atoms with van der Waals surface area (Å²) in [7, 11) is 4.02. The average molecular weight is 295 g/mol. The lowest BCUT2D eigenvalue weighted by molar-refractivity contribution is 0.613. The normalized spacial score (nSPS) is 16.4. The molecule has 6 heteroatoms. The average Bonchev–Trinajstić information content (AvgIpc) is 3.07. The second-order valence-corrected chi connectivity index (χ2v) is 6.17. The number of aromatic nitrogens is 1. The van der Waals surface area contributed by atoms with Crippen LogP contribution in [0.5, 0.6) is 0 Å². The molecule has 20 heavy (non-hydrogen) atoms. The fourth-order valence-corrected chi connectivity index (χ4v) is 3.07. The molecule has 1 aromatic rings. The fraction of sp³-hybridized carbons (Fsp3) is 0.714. The Bertz CT molecular complexity index is 435. The number of nitrogens with one attached hydrogen (secondary N) is 2. The molecule has 0 radical (unpaired) electrons. The number of rotatable bonds is 5. The summed E-state index contributed by atoms with van der Waals surface area (Å²) in [5.74, 6) is 0.916. The van der Waals surface area contributed by atoms with E-state index in [1.807, 2.05) is 19.0 Å². The number of anilines is 1. The smallest absolute Gasteiger partial charge is 0.191 e. The minimum atomic E-state index is 0.584. The molecule has 1 aromatic heterocycles. The van der Waals surface area contributed by atoms with Gasteiger partial charge in [0.15, 0.2) is 11.1 Å². The molecule has 1 aliphatic rings. The quantitative estimate of drug-likeness (QED) is 0.646. The fourth-order valence-electron chi connectivity index (χ4n) is 2.32. The number of aliphatic imine (C=N–C) groups is 1. The Morgan fingerprint density at radius 1 is 1.45 bits per heavy atom. The van der Waals surface area contributed by atoms with Gasteiger partial charge in [0, 0.05) is 32.1 Å². The highest BCUT2D eigenvalue weighted by Gasteiger charge is 2.15. The molecule has 5 nitrogen and oxygen atoms in total. The molecule has 1 heterocycles. The molecular weight excluding hydrogens is 270 g/mol. The van der Waals surface area contributed by atoms with Gasteiger partial charge in [0.1, 0.15) is 0 Å². The zero-order valence-corrected chi connectivity index (χ0v) is 13.5. The van der Waals surface area contributed by atoms with Crippen molar-refractivity contribution in [1.29, 1.82) is 0 Å². The first-order valence-electron chi connectivity index (χ1n) is 7.35. The maximum atomic E-state index is 4.64. The molecule has 1 saturated carbocycles. The lowest BCUT2D eigenvalue weighted by atomic mass is 10.2. The first-order chi connectivity index (χ1) is 9.69. The Morgan fingerprint density at radius 2 is 2.20 bits per heavy atom. The first kappa shape index (κ1) is 15.1. The van der Waals surface area contributed by atoms with Crippen molar-refractivity contribution in [2.75, 3.05) is 25.5 Å². The van der Waals surface area contributed by atoms with Crippen molar-refractivity contribution < 1.29 is 0 Å². The molecule has 0 bridgehead atoms. The molecule has 2 N–H and O–H groups in total. The van der Waals surface area contributed by atoms with Crippen molar-refractivity contribution in [3.63, 3.8) is 0 Å². The Balaban J connectivity index is 1.92. The largest absolute Gasteiger partial charge is 0.357 e. The van der Waals surface area contributed by atoms with Crippen LogP contribution in [0.25, 0.3) is 0 Å². The molecule has 112 valence electrons. The Kier molecular flexibility index (Phi) is 5.64. The molecule has 1 aliphatic carbocycles. The van der Waals surface area contributed by atoms with Gasteiger partial charge in [-0.2, -0.15) is 0 Å². The number of guanidine groups is 1. The van der Waals surface area contributed by atoms with Gasteiger partial charge in [-0.1, -0.05) is 12.8 Å². The zero-order valence-electron chi connectivity index (χ0n) is 12.6. The summed E-state index contributed by atoms with van der Waals surface area (Å²) in [6.45, 7) is 3.61. The molecule has 2 rings (SSSR count). The lowest BCUT2D eigenvalue weighted by Crippen LogP contribution is -2.42. The highest BCUT2D eigenvalue weighted by molar-refractivity contribution is 7.13. The van der Waals surface area contributed by atoms with E-state index in [1.165, 1.54) is 25.7 Å². The molecule has 0 unspecified atom stereocenters. The van der Waals surface area contributed by atoms with Gasteiger partial charge in [0.2, 0.25) is 0 Å². The number of hydrogen-bond acceptors (Lipinski definition) is 4. The highest BCUT2D eigenvalue weighted by Crippen LogP contribution is 2.19. The van der Waals surface area contributed by atoms with Crippen LogP contribution in [0.2, 0.25) is 0 Å². The van der Waals surface area contributed by atoms with Crippen molar-refractivity contribution >= 4 is 22.4 Å². The summed E-state index contributed by atoms with van der Waals surface area (Å²) in [5, 5.41) is 9.95. The minimum absolute atomic E-state index is 0.584. The van der Waals surface area contributed by atoms with Gasteiger partial charge >= 0.3 is 0 Å². The molecular formula is C14H25N5S. The zero-order chi connectivity index (χ0) is 14.4. The summed E-state index contributed by atoms with van der Waals surface area (Å²) in [4.78, 5) is 11.2. The second-order valence-electron chi connectivity index (χ2n) is 5.34.